The highest BCUT2D eigenvalue weighted by Crippen LogP contribution is 2.16. The van der Waals surface area contributed by atoms with Gasteiger partial charge in [0.15, 0.2) is 0 Å². The molecule has 1 aromatic heterocycles. The molecule has 70 valence electrons. The van der Waals surface area contributed by atoms with Crippen molar-refractivity contribution in [2.75, 3.05) is 13.2 Å². The Morgan fingerprint density at radius 1 is 1.62 bits per heavy atom. The molecule has 1 saturated heterocycles. The van der Waals surface area contributed by atoms with Gasteiger partial charge in [-0.25, -0.2) is 0 Å². The first-order chi connectivity index (χ1) is 6.18. The third-order valence-corrected chi connectivity index (χ3v) is 2.79. The molecule has 1 fully saturated rings. The number of ether oxygens (including phenoxy) is 1. The lowest BCUT2D eigenvalue weighted by molar-refractivity contribution is -0.0249. The zero-order chi connectivity index (χ0) is 9.42. The Morgan fingerprint density at radius 2 is 2.31 bits per heavy atom. The standard InChI is InChI=1S/C9H10INO2/c1-6-2-7(10)3-11(9(6)12)8-4-13-5-8/h2-3,8H,4-5H2,1H3. The van der Waals surface area contributed by atoms with Gasteiger partial charge in [0.25, 0.3) is 5.56 Å². The predicted molar refractivity (Wildman–Crippen MR) is 58.0 cm³/mol. The highest BCUT2D eigenvalue weighted by molar-refractivity contribution is 14.1. The SMILES string of the molecule is Cc1cc(I)cn(C2COC2)c1=O. The van der Waals surface area contributed by atoms with Crippen molar-refractivity contribution in [1.82, 2.24) is 4.57 Å². The van der Waals surface area contributed by atoms with Crippen molar-refractivity contribution in [1.29, 1.82) is 0 Å². The Labute approximate surface area is 89.9 Å². The van der Waals surface area contributed by atoms with E-state index in [1.165, 1.54) is 0 Å². The molecule has 1 aliphatic heterocycles. The van der Waals surface area contributed by atoms with E-state index in [9.17, 15) is 4.79 Å². The minimum absolute atomic E-state index is 0.105. The molecule has 0 aromatic carbocycles. The Morgan fingerprint density at radius 3 is 2.85 bits per heavy atom. The lowest BCUT2D eigenvalue weighted by atomic mass is 10.2. The monoisotopic (exact) mass is 291 g/mol. The lowest BCUT2D eigenvalue weighted by Crippen LogP contribution is -2.37. The zero-order valence-electron chi connectivity index (χ0n) is 7.29. The molecular weight excluding hydrogens is 281 g/mol. The number of pyridine rings is 1. The van der Waals surface area contributed by atoms with Crippen LogP contribution in [0.25, 0.3) is 0 Å². The first-order valence-electron chi connectivity index (χ1n) is 4.14. The summed E-state index contributed by atoms with van der Waals surface area (Å²) in [6.45, 7) is 3.18. The number of hydrogen-bond acceptors (Lipinski definition) is 2. The van der Waals surface area contributed by atoms with Crippen molar-refractivity contribution in [3.63, 3.8) is 0 Å². The van der Waals surface area contributed by atoms with Gasteiger partial charge in [0.1, 0.15) is 0 Å². The molecule has 3 nitrogen and oxygen atoms in total. The van der Waals surface area contributed by atoms with Crippen molar-refractivity contribution in [2.24, 2.45) is 0 Å². The number of nitrogens with zero attached hydrogens (tertiary/aromatic N) is 1. The number of aromatic nitrogens is 1. The van der Waals surface area contributed by atoms with E-state index in [1.807, 2.05) is 19.2 Å². The van der Waals surface area contributed by atoms with Gasteiger partial charge in [0.2, 0.25) is 0 Å². The van der Waals surface area contributed by atoms with Gasteiger partial charge in [-0.3, -0.25) is 4.79 Å². The zero-order valence-corrected chi connectivity index (χ0v) is 9.45. The Bertz CT molecular complexity index is 382. The van der Waals surface area contributed by atoms with Crippen LogP contribution < -0.4 is 5.56 Å². The van der Waals surface area contributed by atoms with Crippen molar-refractivity contribution in [3.8, 4) is 0 Å². The van der Waals surface area contributed by atoms with Crippen LogP contribution in [0.2, 0.25) is 0 Å². The summed E-state index contributed by atoms with van der Waals surface area (Å²) in [5.74, 6) is 0. The highest BCUT2D eigenvalue weighted by atomic mass is 127. The van der Waals surface area contributed by atoms with E-state index < -0.39 is 0 Å². The summed E-state index contributed by atoms with van der Waals surface area (Å²) >= 11 is 2.22. The van der Waals surface area contributed by atoms with Crippen molar-refractivity contribution in [3.05, 3.63) is 31.8 Å². The first-order valence-corrected chi connectivity index (χ1v) is 5.22. The summed E-state index contributed by atoms with van der Waals surface area (Å²) in [6, 6.07) is 2.15. The third kappa shape index (κ3) is 1.65. The summed E-state index contributed by atoms with van der Waals surface area (Å²) in [5.41, 5.74) is 0.910. The molecule has 0 bridgehead atoms. The van der Waals surface area contributed by atoms with E-state index in [0.29, 0.717) is 13.2 Å². The topological polar surface area (TPSA) is 31.2 Å². The number of aryl methyl sites for hydroxylation is 1. The normalized spacial score (nSPS) is 17.1. The van der Waals surface area contributed by atoms with Gasteiger partial charge in [0, 0.05) is 15.3 Å². The van der Waals surface area contributed by atoms with Gasteiger partial charge < -0.3 is 9.30 Å². The Hall–Kier alpha value is -0.360. The second-order valence-electron chi connectivity index (χ2n) is 3.25. The first kappa shape index (κ1) is 9.21. The van der Waals surface area contributed by atoms with Crippen LogP contribution in [0.5, 0.6) is 0 Å². The molecule has 0 radical (unpaired) electrons. The summed E-state index contributed by atoms with van der Waals surface area (Å²) in [4.78, 5) is 11.7. The van der Waals surface area contributed by atoms with Crippen molar-refractivity contribution < 1.29 is 4.74 Å². The van der Waals surface area contributed by atoms with E-state index >= 15 is 0 Å². The minimum Gasteiger partial charge on any atom is -0.377 e. The largest absolute Gasteiger partial charge is 0.377 e. The molecule has 0 unspecified atom stereocenters. The molecule has 1 aliphatic rings. The molecule has 2 rings (SSSR count). The third-order valence-electron chi connectivity index (χ3n) is 2.20. The number of rotatable bonds is 1. The van der Waals surface area contributed by atoms with E-state index in [4.69, 9.17) is 4.74 Å². The maximum Gasteiger partial charge on any atom is 0.253 e. The second kappa shape index (κ2) is 3.42. The van der Waals surface area contributed by atoms with Gasteiger partial charge in [-0.1, -0.05) is 0 Å². The van der Waals surface area contributed by atoms with Gasteiger partial charge >= 0.3 is 0 Å². The fourth-order valence-corrected chi connectivity index (χ4v) is 2.12. The van der Waals surface area contributed by atoms with Crippen LogP contribution in [0.15, 0.2) is 17.1 Å². The van der Waals surface area contributed by atoms with E-state index in [-0.39, 0.29) is 11.6 Å². The molecule has 0 N–H and O–H groups in total. The predicted octanol–water partition coefficient (Wildman–Crippen LogP) is 1.33. The minimum atomic E-state index is 0.105. The fourth-order valence-electron chi connectivity index (χ4n) is 1.36. The van der Waals surface area contributed by atoms with Crippen molar-refractivity contribution in [2.45, 2.75) is 13.0 Å². The van der Waals surface area contributed by atoms with Crippen LogP contribution in [-0.2, 0) is 4.74 Å². The summed E-state index contributed by atoms with van der Waals surface area (Å²) in [5, 5.41) is 0. The Kier molecular flexibility index (Phi) is 2.42. The quantitative estimate of drug-likeness (QED) is 0.731. The molecule has 1 aromatic rings. The van der Waals surface area contributed by atoms with Crippen LogP contribution in [0.3, 0.4) is 0 Å². The number of hydrogen-bond donors (Lipinski definition) is 0. The smallest absolute Gasteiger partial charge is 0.253 e. The van der Waals surface area contributed by atoms with E-state index in [1.54, 1.807) is 4.57 Å². The van der Waals surface area contributed by atoms with Crippen LogP contribution in [0, 0.1) is 10.5 Å². The van der Waals surface area contributed by atoms with Crippen LogP contribution in [0.4, 0.5) is 0 Å². The molecule has 2 heterocycles. The summed E-state index contributed by atoms with van der Waals surface area (Å²) in [7, 11) is 0. The van der Waals surface area contributed by atoms with Crippen LogP contribution >= 0.6 is 22.6 Å². The molecule has 0 saturated carbocycles. The molecule has 13 heavy (non-hydrogen) atoms. The van der Waals surface area contributed by atoms with E-state index in [2.05, 4.69) is 22.6 Å². The maximum absolute atomic E-state index is 11.7. The van der Waals surface area contributed by atoms with Gasteiger partial charge in [-0.2, -0.15) is 0 Å². The maximum atomic E-state index is 11.7. The fraction of sp³-hybridized carbons (Fsp3) is 0.444. The highest BCUT2D eigenvalue weighted by Gasteiger charge is 2.21. The second-order valence-corrected chi connectivity index (χ2v) is 4.49. The molecule has 0 amide bonds. The average Bonchev–Trinajstić information content (AvgIpc) is 1.95. The molecule has 4 heteroatoms. The van der Waals surface area contributed by atoms with Crippen LogP contribution in [0.1, 0.15) is 11.6 Å². The average molecular weight is 291 g/mol. The molecular formula is C9H10INO2. The lowest BCUT2D eigenvalue weighted by Gasteiger charge is -2.28. The number of halogens is 1. The summed E-state index contributed by atoms with van der Waals surface area (Å²) < 4.78 is 7.94. The summed E-state index contributed by atoms with van der Waals surface area (Å²) in [6.07, 6.45) is 1.89. The van der Waals surface area contributed by atoms with Gasteiger partial charge in [-0.05, 0) is 35.6 Å². The van der Waals surface area contributed by atoms with Crippen LogP contribution in [-0.4, -0.2) is 17.8 Å². The van der Waals surface area contributed by atoms with Gasteiger partial charge in [0.05, 0.1) is 19.3 Å². The van der Waals surface area contributed by atoms with Gasteiger partial charge in [-0.15, -0.1) is 0 Å². The molecule has 0 spiro atoms. The Balaban J connectivity index is 2.49. The van der Waals surface area contributed by atoms with Crippen molar-refractivity contribution >= 4 is 22.6 Å². The van der Waals surface area contributed by atoms with E-state index in [0.717, 1.165) is 9.13 Å². The molecule has 0 aliphatic carbocycles. The molecule has 0 atom stereocenters.